The average molecular weight is 278 g/mol. The Bertz CT molecular complexity index is 575. The van der Waals surface area contributed by atoms with Gasteiger partial charge in [-0.3, -0.25) is 0 Å². The molecule has 2 aromatic rings. The molecule has 0 amide bonds. The van der Waals surface area contributed by atoms with Crippen LogP contribution in [-0.2, 0) is 0 Å². The molecular formula is C16H20ClNO. The normalized spacial score (nSPS) is 22.9. The molecule has 1 N–H and O–H groups in total. The first kappa shape index (κ1) is 13.0. The third kappa shape index (κ3) is 2.52. The topological polar surface area (TPSA) is 25.2 Å². The molecule has 2 atom stereocenters. The Morgan fingerprint density at radius 2 is 2.21 bits per heavy atom. The smallest absolute Gasteiger partial charge is 0.152 e. The van der Waals surface area contributed by atoms with Crippen LogP contribution in [0.2, 0.25) is 5.02 Å². The van der Waals surface area contributed by atoms with Gasteiger partial charge in [-0.05, 0) is 37.4 Å². The predicted molar refractivity (Wildman–Crippen MR) is 79.8 cm³/mol. The summed E-state index contributed by atoms with van der Waals surface area (Å²) in [6, 6.07) is 8.63. The van der Waals surface area contributed by atoms with Crippen LogP contribution in [0.25, 0.3) is 11.0 Å². The van der Waals surface area contributed by atoms with Crippen molar-refractivity contribution in [2.45, 2.75) is 38.6 Å². The van der Waals surface area contributed by atoms with Crippen LogP contribution >= 0.6 is 11.6 Å². The van der Waals surface area contributed by atoms with Gasteiger partial charge in [-0.15, -0.1) is 0 Å². The van der Waals surface area contributed by atoms with Gasteiger partial charge in [0.2, 0.25) is 0 Å². The van der Waals surface area contributed by atoms with Crippen molar-refractivity contribution in [2.75, 3.05) is 6.54 Å². The van der Waals surface area contributed by atoms with Crippen LogP contribution in [0.15, 0.2) is 28.7 Å². The quantitative estimate of drug-likeness (QED) is 0.885. The Balaban J connectivity index is 1.79. The molecule has 1 heterocycles. The second-order valence-electron chi connectivity index (χ2n) is 5.81. The lowest BCUT2D eigenvalue weighted by molar-refractivity contribution is 0.215. The summed E-state index contributed by atoms with van der Waals surface area (Å²) < 4.78 is 5.98. The molecule has 2 unspecified atom stereocenters. The van der Waals surface area contributed by atoms with E-state index in [1.54, 1.807) is 0 Å². The zero-order valence-electron chi connectivity index (χ0n) is 11.4. The summed E-state index contributed by atoms with van der Waals surface area (Å²) >= 11 is 6.17. The van der Waals surface area contributed by atoms with Gasteiger partial charge in [-0.25, -0.2) is 0 Å². The maximum atomic E-state index is 6.17. The maximum absolute atomic E-state index is 6.17. The van der Waals surface area contributed by atoms with Crippen molar-refractivity contribution in [3.05, 3.63) is 35.0 Å². The van der Waals surface area contributed by atoms with Crippen molar-refractivity contribution >= 4 is 22.6 Å². The number of benzene rings is 1. The average Bonchev–Trinajstić information content (AvgIpc) is 2.72. The molecule has 1 aliphatic carbocycles. The molecule has 0 bridgehead atoms. The number of rotatable bonds is 4. The minimum absolute atomic E-state index is 0.548. The van der Waals surface area contributed by atoms with E-state index in [0.29, 0.717) is 22.9 Å². The minimum Gasteiger partial charge on any atom is -0.459 e. The van der Waals surface area contributed by atoms with Crippen LogP contribution < -0.4 is 5.32 Å². The van der Waals surface area contributed by atoms with Crippen molar-refractivity contribution in [2.24, 2.45) is 5.92 Å². The fourth-order valence-corrected chi connectivity index (χ4v) is 3.03. The molecule has 0 aliphatic heterocycles. The molecule has 1 aliphatic rings. The summed E-state index contributed by atoms with van der Waals surface area (Å²) in [5.41, 5.74) is 0.835. The Hall–Kier alpha value is -0.990. The van der Waals surface area contributed by atoms with Crippen molar-refractivity contribution in [3.8, 4) is 0 Å². The number of para-hydroxylation sites is 1. The van der Waals surface area contributed by atoms with Crippen LogP contribution in [0.5, 0.6) is 0 Å². The van der Waals surface area contributed by atoms with E-state index in [-0.39, 0.29) is 0 Å². The van der Waals surface area contributed by atoms with Gasteiger partial charge in [0.05, 0.1) is 5.02 Å². The van der Waals surface area contributed by atoms with Crippen molar-refractivity contribution < 1.29 is 4.42 Å². The molecule has 2 nitrogen and oxygen atoms in total. The van der Waals surface area contributed by atoms with E-state index < -0.39 is 0 Å². The highest BCUT2D eigenvalue weighted by Gasteiger charge is 2.34. The van der Waals surface area contributed by atoms with E-state index in [0.717, 1.165) is 23.3 Å². The fourth-order valence-electron chi connectivity index (χ4n) is 2.81. The summed E-state index contributed by atoms with van der Waals surface area (Å²) in [4.78, 5) is 0. The Morgan fingerprint density at radius 1 is 1.37 bits per heavy atom. The number of fused-ring (bicyclic) bond motifs is 1. The largest absolute Gasteiger partial charge is 0.459 e. The van der Waals surface area contributed by atoms with Crippen LogP contribution in [0.3, 0.4) is 0 Å². The molecule has 1 aromatic carbocycles. The second-order valence-corrected chi connectivity index (χ2v) is 6.22. The summed E-state index contributed by atoms with van der Waals surface area (Å²) in [5.74, 6) is 2.35. The SMILES string of the molecule is CC(C)NCC1CCC1c1cc2cccc(Cl)c2o1. The van der Waals surface area contributed by atoms with Gasteiger partial charge in [0, 0.05) is 17.3 Å². The molecule has 1 saturated carbocycles. The summed E-state index contributed by atoms with van der Waals surface area (Å²) in [6.07, 6.45) is 2.51. The summed E-state index contributed by atoms with van der Waals surface area (Å²) in [7, 11) is 0. The third-order valence-corrected chi connectivity index (χ3v) is 4.38. The number of hydrogen-bond acceptors (Lipinski definition) is 2. The van der Waals surface area contributed by atoms with Crippen LogP contribution in [-0.4, -0.2) is 12.6 Å². The van der Waals surface area contributed by atoms with E-state index in [4.69, 9.17) is 16.0 Å². The lowest BCUT2D eigenvalue weighted by atomic mass is 9.72. The van der Waals surface area contributed by atoms with Crippen molar-refractivity contribution in [3.63, 3.8) is 0 Å². The van der Waals surface area contributed by atoms with Gasteiger partial charge < -0.3 is 9.73 Å². The molecule has 3 rings (SSSR count). The molecule has 1 aromatic heterocycles. The van der Waals surface area contributed by atoms with Gasteiger partial charge in [0.1, 0.15) is 5.76 Å². The molecule has 1 fully saturated rings. The molecule has 0 spiro atoms. The van der Waals surface area contributed by atoms with E-state index in [1.807, 2.05) is 12.1 Å². The zero-order chi connectivity index (χ0) is 13.4. The number of furan rings is 1. The van der Waals surface area contributed by atoms with Gasteiger partial charge in [-0.1, -0.05) is 37.6 Å². The number of halogens is 1. The molecule has 3 heteroatoms. The number of hydrogen-bond donors (Lipinski definition) is 1. The molecule has 0 saturated heterocycles. The highest BCUT2D eigenvalue weighted by atomic mass is 35.5. The first-order valence-corrected chi connectivity index (χ1v) is 7.44. The van der Waals surface area contributed by atoms with Crippen LogP contribution in [0.1, 0.15) is 38.4 Å². The van der Waals surface area contributed by atoms with Gasteiger partial charge >= 0.3 is 0 Å². The lowest BCUT2D eigenvalue weighted by Crippen LogP contribution is -2.36. The highest BCUT2D eigenvalue weighted by Crippen LogP contribution is 2.44. The first-order chi connectivity index (χ1) is 9.15. The van der Waals surface area contributed by atoms with E-state index in [9.17, 15) is 0 Å². The highest BCUT2D eigenvalue weighted by molar-refractivity contribution is 6.34. The molecule has 0 radical (unpaired) electrons. The Kier molecular flexibility index (Phi) is 3.55. The lowest BCUT2D eigenvalue weighted by Gasteiger charge is -2.35. The summed E-state index contributed by atoms with van der Waals surface area (Å²) in [5, 5.41) is 5.35. The van der Waals surface area contributed by atoms with Gasteiger partial charge in [0.25, 0.3) is 0 Å². The van der Waals surface area contributed by atoms with Crippen molar-refractivity contribution in [1.29, 1.82) is 0 Å². The minimum atomic E-state index is 0.548. The monoisotopic (exact) mass is 277 g/mol. The second kappa shape index (κ2) is 5.18. The molecule has 19 heavy (non-hydrogen) atoms. The van der Waals surface area contributed by atoms with Gasteiger partial charge in [-0.2, -0.15) is 0 Å². The third-order valence-electron chi connectivity index (χ3n) is 4.09. The molecular weight excluding hydrogens is 258 g/mol. The summed E-state index contributed by atoms with van der Waals surface area (Å²) in [6.45, 7) is 5.45. The van der Waals surface area contributed by atoms with E-state index in [1.165, 1.54) is 12.8 Å². The Labute approximate surface area is 119 Å². The zero-order valence-corrected chi connectivity index (χ0v) is 12.2. The predicted octanol–water partition coefficient (Wildman–Crippen LogP) is 4.58. The molecule has 102 valence electrons. The Morgan fingerprint density at radius 3 is 2.84 bits per heavy atom. The maximum Gasteiger partial charge on any atom is 0.152 e. The standard InChI is InChI=1S/C16H20ClNO/c1-10(2)18-9-12-6-7-13(12)15-8-11-4-3-5-14(17)16(11)19-15/h3-5,8,10,12-13,18H,6-7,9H2,1-2H3. The van der Waals surface area contributed by atoms with E-state index >= 15 is 0 Å². The van der Waals surface area contributed by atoms with Crippen LogP contribution in [0.4, 0.5) is 0 Å². The first-order valence-electron chi connectivity index (χ1n) is 7.06. The van der Waals surface area contributed by atoms with Crippen molar-refractivity contribution in [1.82, 2.24) is 5.32 Å². The number of nitrogens with one attached hydrogen (secondary N) is 1. The fraction of sp³-hybridized carbons (Fsp3) is 0.500. The van der Waals surface area contributed by atoms with Gasteiger partial charge in [0.15, 0.2) is 5.58 Å². The van der Waals surface area contributed by atoms with Crippen LogP contribution in [0, 0.1) is 5.92 Å². The van der Waals surface area contributed by atoms with E-state index in [2.05, 4.69) is 31.3 Å².